The zero-order chi connectivity index (χ0) is 14.4. The maximum absolute atomic E-state index is 9.38. The van der Waals surface area contributed by atoms with Gasteiger partial charge in [-0.25, -0.2) is 0 Å². The van der Waals surface area contributed by atoms with Gasteiger partial charge in [0, 0.05) is 30.7 Å². The Morgan fingerprint density at radius 1 is 1.55 bits per heavy atom. The van der Waals surface area contributed by atoms with E-state index >= 15 is 0 Å². The molecule has 1 aromatic rings. The zero-order valence-corrected chi connectivity index (χ0v) is 13.3. The molecule has 20 heavy (non-hydrogen) atoms. The van der Waals surface area contributed by atoms with Gasteiger partial charge in [-0.15, -0.1) is 0 Å². The Labute approximate surface area is 128 Å². The molecule has 0 aliphatic carbocycles. The predicted molar refractivity (Wildman–Crippen MR) is 84.0 cm³/mol. The molecular weight excluding hydrogens is 318 g/mol. The molecule has 108 valence electrons. The van der Waals surface area contributed by atoms with E-state index in [2.05, 4.69) is 32.2 Å². The lowest BCUT2D eigenvalue weighted by Gasteiger charge is -2.28. The number of benzene rings is 1. The molecule has 5 heteroatoms. The SMILES string of the molecule is COCCN(CC1CCCN1)c1cccc(Br)c1C#N. The quantitative estimate of drug-likeness (QED) is 0.866. The van der Waals surface area contributed by atoms with Crippen LogP contribution in [0, 0.1) is 11.3 Å². The third-order valence-electron chi connectivity index (χ3n) is 3.61. The normalized spacial score (nSPS) is 17.9. The molecule has 1 heterocycles. The lowest BCUT2D eigenvalue weighted by Crippen LogP contribution is -2.39. The predicted octanol–water partition coefficient (Wildman–Crippen LogP) is 2.53. The van der Waals surface area contributed by atoms with Crippen LogP contribution in [0.4, 0.5) is 5.69 Å². The summed E-state index contributed by atoms with van der Waals surface area (Å²) in [5.74, 6) is 0. The van der Waals surface area contributed by atoms with Crippen LogP contribution in [0.1, 0.15) is 18.4 Å². The summed E-state index contributed by atoms with van der Waals surface area (Å²) in [6.07, 6.45) is 2.42. The molecule has 2 rings (SSSR count). The number of nitrogens with one attached hydrogen (secondary N) is 1. The fourth-order valence-corrected chi connectivity index (χ4v) is 3.02. The average Bonchev–Trinajstić information content (AvgIpc) is 2.96. The van der Waals surface area contributed by atoms with Crippen molar-refractivity contribution in [3.63, 3.8) is 0 Å². The Bertz CT molecular complexity index is 480. The Hall–Kier alpha value is -1.09. The average molecular weight is 338 g/mol. The number of methoxy groups -OCH3 is 1. The molecule has 1 N–H and O–H groups in total. The fraction of sp³-hybridized carbons (Fsp3) is 0.533. The molecule has 0 saturated carbocycles. The molecule has 0 amide bonds. The van der Waals surface area contributed by atoms with Gasteiger partial charge in [-0.05, 0) is 47.4 Å². The van der Waals surface area contributed by atoms with Crippen LogP contribution in [0.5, 0.6) is 0 Å². The van der Waals surface area contributed by atoms with Gasteiger partial charge < -0.3 is 15.0 Å². The van der Waals surface area contributed by atoms with E-state index in [9.17, 15) is 5.26 Å². The summed E-state index contributed by atoms with van der Waals surface area (Å²) in [4.78, 5) is 2.25. The van der Waals surface area contributed by atoms with Crippen LogP contribution < -0.4 is 10.2 Å². The van der Waals surface area contributed by atoms with Crippen LogP contribution >= 0.6 is 15.9 Å². The van der Waals surface area contributed by atoms with Gasteiger partial charge in [0.2, 0.25) is 0 Å². The third-order valence-corrected chi connectivity index (χ3v) is 4.27. The maximum atomic E-state index is 9.38. The van der Waals surface area contributed by atoms with Gasteiger partial charge in [-0.3, -0.25) is 0 Å². The Morgan fingerprint density at radius 2 is 2.40 bits per heavy atom. The summed E-state index contributed by atoms with van der Waals surface area (Å²) < 4.78 is 6.05. The first-order chi connectivity index (χ1) is 9.76. The lowest BCUT2D eigenvalue weighted by atomic mass is 10.1. The first kappa shape index (κ1) is 15.3. The fourth-order valence-electron chi connectivity index (χ4n) is 2.58. The monoisotopic (exact) mass is 337 g/mol. The lowest BCUT2D eigenvalue weighted by molar-refractivity contribution is 0.204. The van der Waals surface area contributed by atoms with Crippen molar-refractivity contribution in [3.05, 3.63) is 28.2 Å². The second-order valence-corrected chi connectivity index (χ2v) is 5.83. The van der Waals surface area contributed by atoms with Crippen LogP contribution in [0.2, 0.25) is 0 Å². The maximum Gasteiger partial charge on any atom is 0.103 e. The van der Waals surface area contributed by atoms with Gasteiger partial charge in [-0.1, -0.05) is 6.07 Å². The number of nitriles is 1. The molecule has 1 atom stereocenters. The number of halogens is 1. The second-order valence-electron chi connectivity index (χ2n) is 4.98. The van der Waals surface area contributed by atoms with Gasteiger partial charge in [0.15, 0.2) is 0 Å². The molecule has 1 fully saturated rings. The molecule has 1 aliphatic heterocycles. The first-order valence-corrected chi connectivity index (χ1v) is 7.71. The Morgan fingerprint density at radius 3 is 3.05 bits per heavy atom. The van der Waals surface area contributed by atoms with Crippen molar-refractivity contribution in [2.45, 2.75) is 18.9 Å². The second kappa shape index (κ2) is 7.63. The molecule has 1 unspecified atom stereocenters. The van der Waals surface area contributed by atoms with Crippen LogP contribution in [-0.4, -0.2) is 39.4 Å². The van der Waals surface area contributed by atoms with Gasteiger partial charge in [0.25, 0.3) is 0 Å². The van der Waals surface area contributed by atoms with Gasteiger partial charge in [-0.2, -0.15) is 5.26 Å². The van der Waals surface area contributed by atoms with E-state index in [-0.39, 0.29) is 0 Å². The summed E-state index contributed by atoms with van der Waals surface area (Å²) in [6.45, 7) is 3.45. The van der Waals surface area contributed by atoms with Crippen LogP contribution in [0.15, 0.2) is 22.7 Å². The van der Waals surface area contributed by atoms with Crippen LogP contribution in [-0.2, 0) is 4.74 Å². The smallest absolute Gasteiger partial charge is 0.103 e. The van der Waals surface area contributed by atoms with E-state index in [1.54, 1.807) is 7.11 Å². The highest BCUT2D eigenvalue weighted by Gasteiger charge is 2.20. The molecule has 0 spiro atoms. The highest BCUT2D eigenvalue weighted by molar-refractivity contribution is 9.10. The molecule has 0 radical (unpaired) electrons. The van der Waals surface area contributed by atoms with Crippen molar-refractivity contribution >= 4 is 21.6 Å². The summed E-state index contributed by atoms with van der Waals surface area (Å²) in [5, 5.41) is 12.9. The molecule has 1 saturated heterocycles. The number of ether oxygens (including phenoxy) is 1. The summed E-state index contributed by atoms with van der Waals surface area (Å²) in [7, 11) is 1.71. The molecule has 4 nitrogen and oxygen atoms in total. The summed E-state index contributed by atoms with van der Waals surface area (Å²) >= 11 is 3.46. The summed E-state index contributed by atoms with van der Waals surface area (Å²) in [6, 6.07) is 8.68. The van der Waals surface area contributed by atoms with E-state index in [1.807, 2.05) is 18.2 Å². The largest absolute Gasteiger partial charge is 0.383 e. The minimum atomic E-state index is 0.498. The highest BCUT2D eigenvalue weighted by Crippen LogP contribution is 2.27. The zero-order valence-electron chi connectivity index (χ0n) is 11.7. The van der Waals surface area contributed by atoms with E-state index in [0.717, 1.165) is 29.8 Å². The molecule has 0 bridgehead atoms. The van der Waals surface area contributed by atoms with E-state index in [4.69, 9.17) is 4.74 Å². The van der Waals surface area contributed by atoms with Crippen LogP contribution in [0.3, 0.4) is 0 Å². The molecular formula is C15H20BrN3O. The van der Waals surface area contributed by atoms with Crippen molar-refractivity contribution in [1.29, 1.82) is 5.26 Å². The Kier molecular flexibility index (Phi) is 5.84. The highest BCUT2D eigenvalue weighted by atomic mass is 79.9. The standard InChI is InChI=1S/C15H20BrN3O/c1-20-9-8-19(11-12-4-3-7-18-12)15-6-2-5-14(16)13(15)10-17/h2,5-6,12,18H,3-4,7-9,11H2,1H3. The molecule has 1 aromatic carbocycles. The van der Waals surface area contributed by atoms with Crippen molar-refractivity contribution < 1.29 is 4.74 Å². The van der Waals surface area contributed by atoms with E-state index < -0.39 is 0 Å². The van der Waals surface area contributed by atoms with Crippen molar-refractivity contribution in [1.82, 2.24) is 5.32 Å². The van der Waals surface area contributed by atoms with Gasteiger partial charge in [0.1, 0.15) is 6.07 Å². The summed E-state index contributed by atoms with van der Waals surface area (Å²) in [5.41, 5.74) is 1.68. The van der Waals surface area contributed by atoms with Gasteiger partial charge >= 0.3 is 0 Å². The minimum Gasteiger partial charge on any atom is -0.383 e. The van der Waals surface area contributed by atoms with Crippen LogP contribution in [0.25, 0.3) is 0 Å². The Balaban J connectivity index is 2.21. The number of rotatable bonds is 6. The third kappa shape index (κ3) is 3.72. The van der Waals surface area contributed by atoms with Crippen molar-refractivity contribution in [2.75, 3.05) is 38.3 Å². The number of anilines is 1. The molecule has 1 aliphatic rings. The minimum absolute atomic E-state index is 0.498. The van der Waals surface area contributed by atoms with Crippen molar-refractivity contribution in [2.24, 2.45) is 0 Å². The number of hydrogen-bond acceptors (Lipinski definition) is 4. The van der Waals surface area contributed by atoms with Crippen molar-refractivity contribution in [3.8, 4) is 6.07 Å². The first-order valence-electron chi connectivity index (χ1n) is 6.92. The molecule has 0 aromatic heterocycles. The topological polar surface area (TPSA) is 48.3 Å². The van der Waals surface area contributed by atoms with Gasteiger partial charge in [0.05, 0.1) is 17.9 Å². The van der Waals surface area contributed by atoms with E-state index in [0.29, 0.717) is 18.2 Å². The van der Waals surface area contributed by atoms with E-state index in [1.165, 1.54) is 12.8 Å². The number of nitrogens with zero attached hydrogens (tertiary/aromatic N) is 2. The number of hydrogen-bond donors (Lipinski definition) is 1.